The highest BCUT2D eigenvalue weighted by Gasteiger charge is 2.24. The quantitative estimate of drug-likeness (QED) is 0.726. The molecule has 1 aliphatic carbocycles. The van der Waals surface area contributed by atoms with Crippen LogP contribution < -0.4 is 10.6 Å². The molecule has 1 rings (SSSR count). The van der Waals surface area contributed by atoms with Gasteiger partial charge in [-0.15, -0.1) is 0 Å². The standard InChI is InChI=1S/C12H24N2O/c1-9(8-13-3)12(15)14-10(2)11-6-4-5-7-11/h9-11,13H,4-8H2,1-3H3,(H,14,15)/t9?,10-/m1/s1. The number of amides is 1. The predicted molar refractivity (Wildman–Crippen MR) is 62.7 cm³/mol. The molecule has 0 radical (unpaired) electrons. The molecule has 88 valence electrons. The molecule has 3 nitrogen and oxygen atoms in total. The summed E-state index contributed by atoms with van der Waals surface area (Å²) in [7, 11) is 1.88. The van der Waals surface area contributed by atoms with Gasteiger partial charge in [0, 0.05) is 18.5 Å². The van der Waals surface area contributed by atoms with Crippen LogP contribution in [0.25, 0.3) is 0 Å². The van der Waals surface area contributed by atoms with Gasteiger partial charge in [0.15, 0.2) is 0 Å². The van der Waals surface area contributed by atoms with E-state index in [2.05, 4.69) is 17.6 Å². The van der Waals surface area contributed by atoms with Crippen LogP contribution in [0.3, 0.4) is 0 Å². The third-order valence-electron chi connectivity index (χ3n) is 3.43. The number of rotatable bonds is 5. The van der Waals surface area contributed by atoms with Gasteiger partial charge in [-0.1, -0.05) is 19.8 Å². The normalized spacial score (nSPS) is 21.3. The molecule has 0 bridgehead atoms. The second kappa shape index (κ2) is 6.11. The lowest BCUT2D eigenvalue weighted by atomic mass is 9.99. The summed E-state index contributed by atoms with van der Waals surface area (Å²) in [5.41, 5.74) is 0. The molecule has 15 heavy (non-hydrogen) atoms. The average Bonchev–Trinajstić information content (AvgIpc) is 2.70. The first-order valence-electron chi connectivity index (χ1n) is 6.10. The van der Waals surface area contributed by atoms with Gasteiger partial charge < -0.3 is 10.6 Å². The van der Waals surface area contributed by atoms with E-state index in [9.17, 15) is 4.79 Å². The van der Waals surface area contributed by atoms with E-state index in [0.717, 1.165) is 6.54 Å². The predicted octanol–water partition coefficient (Wildman–Crippen LogP) is 1.54. The third-order valence-corrected chi connectivity index (χ3v) is 3.43. The van der Waals surface area contributed by atoms with E-state index >= 15 is 0 Å². The molecule has 0 spiro atoms. The van der Waals surface area contributed by atoms with Crippen LogP contribution in [0.1, 0.15) is 39.5 Å². The van der Waals surface area contributed by atoms with Crippen LogP contribution in [0.5, 0.6) is 0 Å². The van der Waals surface area contributed by atoms with Gasteiger partial charge in [-0.3, -0.25) is 4.79 Å². The second-order valence-corrected chi connectivity index (χ2v) is 4.80. The molecule has 1 aliphatic rings. The third kappa shape index (κ3) is 3.82. The fourth-order valence-electron chi connectivity index (χ4n) is 2.34. The molecule has 1 fully saturated rings. The Hall–Kier alpha value is -0.570. The maximum atomic E-state index is 11.7. The van der Waals surface area contributed by atoms with Crippen LogP contribution in [-0.4, -0.2) is 25.5 Å². The van der Waals surface area contributed by atoms with Crippen molar-refractivity contribution in [3.05, 3.63) is 0 Å². The van der Waals surface area contributed by atoms with E-state index in [0.29, 0.717) is 12.0 Å². The number of carbonyl (C=O) groups is 1. The van der Waals surface area contributed by atoms with Gasteiger partial charge in [-0.05, 0) is 32.7 Å². The van der Waals surface area contributed by atoms with Gasteiger partial charge in [0.25, 0.3) is 0 Å². The summed E-state index contributed by atoms with van der Waals surface area (Å²) >= 11 is 0. The van der Waals surface area contributed by atoms with Gasteiger partial charge in [-0.2, -0.15) is 0 Å². The lowest BCUT2D eigenvalue weighted by Crippen LogP contribution is -2.42. The lowest BCUT2D eigenvalue weighted by Gasteiger charge is -2.22. The Bertz CT molecular complexity index is 200. The molecule has 0 aliphatic heterocycles. The molecule has 1 amide bonds. The smallest absolute Gasteiger partial charge is 0.224 e. The molecule has 0 aromatic rings. The first-order chi connectivity index (χ1) is 7.15. The molecule has 0 aromatic heterocycles. The highest BCUT2D eigenvalue weighted by atomic mass is 16.1. The van der Waals surface area contributed by atoms with Crippen molar-refractivity contribution >= 4 is 5.91 Å². The van der Waals surface area contributed by atoms with Crippen LogP contribution in [-0.2, 0) is 4.79 Å². The maximum Gasteiger partial charge on any atom is 0.224 e. The summed E-state index contributed by atoms with van der Waals surface area (Å²) in [5.74, 6) is 0.957. The minimum atomic E-state index is 0.0684. The first kappa shape index (κ1) is 12.5. The zero-order valence-corrected chi connectivity index (χ0v) is 10.2. The van der Waals surface area contributed by atoms with Crippen molar-refractivity contribution in [2.45, 2.75) is 45.6 Å². The molecule has 3 heteroatoms. The van der Waals surface area contributed by atoms with Crippen LogP contribution in [0, 0.1) is 11.8 Å². The number of hydrogen-bond donors (Lipinski definition) is 2. The molecule has 2 atom stereocenters. The summed E-state index contributed by atoms with van der Waals surface area (Å²) in [6.45, 7) is 4.86. The number of nitrogens with one attached hydrogen (secondary N) is 2. The average molecular weight is 212 g/mol. The van der Waals surface area contributed by atoms with Crippen LogP contribution in [0.15, 0.2) is 0 Å². The summed E-state index contributed by atoms with van der Waals surface area (Å²) in [4.78, 5) is 11.7. The first-order valence-corrected chi connectivity index (χ1v) is 6.10. The highest BCUT2D eigenvalue weighted by molar-refractivity contribution is 5.78. The van der Waals surface area contributed by atoms with Gasteiger partial charge in [0.05, 0.1) is 0 Å². The van der Waals surface area contributed by atoms with Gasteiger partial charge in [0.2, 0.25) is 5.91 Å². The van der Waals surface area contributed by atoms with Crippen molar-refractivity contribution in [3.8, 4) is 0 Å². The Morgan fingerprint density at radius 1 is 1.33 bits per heavy atom. The molecule has 0 saturated heterocycles. The van der Waals surface area contributed by atoms with E-state index in [-0.39, 0.29) is 11.8 Å². The minimum Gasteiger partial charge on any atom is -0.353 e. The van der Waals surface area contributed by atoms with Crippen molar-refractivity contribution in [2.24, 2.45) is 11.8 Å². The SMILES string of the molecule is CNCC(C)C(=O)N[C@H](C)C1CCCC1. The number of carbonyl (C=O) groups excluding carboxylic acids is 1. The molecule has 1 unspecified atom stereocenters. The second-order valence-electron chi connectivity index (χ2n) is 4.80. The molecule has 1 saturated carbocycles. The monoisotopic (exact) mass is 212 g/mol. The molecule has 2 N–H and O–H groups in total. The Morgan fingerprint density at radius 2 is 1.93 bits per heavy atom. The summed E-state index contributed by atoms with van der Waals surface area (Å²) in [5, 5.41) is 6.16. The fourth-order valence-corrected chi connectivity index (χ4v) is 2.34. The van der Waals surface area contributed by atoms with E-state index in [1.54, 1.807) is 0 Å². The van der Waals surface area contributed by atoms with Crippen molar-refractivity contribution < 1.29 is 4.79 Å². The topological polar surface area (TPSA) is 41.1 Å². The Kier molecular flexibility index (Phi) is 5.09. The molecular formula is C12H24N2O. The van der Waals surface area contributed by atoms with E-state index in [1.165, 1.54) is 25.7 Å². The Morgan fingerprint density at radius 3 is 2.47 bits per heavy atom. The zero-order chi connectivity index (χ0) is 11.3. The van der Waals surface area contributed by atoms with Crippen molar-refractivity contribution in [1.82, 2.24) is 10.6 Å². The van der Waals surface area contributed by atoms with Crippen molar-refractivity contribution in [2.75, 3.05) is 13.6 Å². The summed E-state index contributed by atoms with van der Waals surface area (Å²) in [6, 6.07) is 0.347. The molecule has 0 aromatic carbocycles. The highest BCUT2D eigenvalue weighted by Crippen LogP contribution is 2.27. The van der Waals surface area contributed by atoms with Gasteiger partial charge in [-0.25, -0.2) is 0 Å². The lowest BCUT2D eigenvalue weighted by molar-refractivity contribution is -0.125. The zero-order valence-electron chi connectivity index (χ0n) is 10.2. The van der Waals surface area contributed by atoms with Crippen molar-refractivity contribution in [1.29, 1.82) is 0 Å². The van der Waals surface area contributed by atoms with Gasteiger partial charge in [0.1, 0.15) is 0 Å². The number of hydrogen-bond acceptors (Lipinski definition) is 2. The van der Waals surface area contributed by atoms with Crippen LogP contribution in [0.4, 0.5) is 0 Å². The maximum absolute atomic E-state index is 11.7. The Balaban J connectivity index is 2.29. The van der Waals surface area contributed by atoms with E-state index < -0.39 is 0 Å². The summed E-state index contributed by atoms with van der Waals surface area (Å²) < 4.78 is 0. The molecular weight excluding hydrogens is 188 g/mol. The van der Waals surface area contributed by atoms with E-state index in [1.807, 2.05) is 14.0 Å². The van der Waals surface area contributed by atoms with Gasteiger partial charge >= 0.3 is 0 Å². The largest absolute Gasteiger partial charge is 0.353 e. The van der Waals surface area contributed by atoms with Crippen molar-refractivity contribution in [3.63, 3.8) is 0 Å². The Labute approximate surface area is 93.0 Å². The van der Waals surface area contributed by atoms with Crippen LogP contribution in [0.2, 0.25) is 0 Å². The van der Waals surface area contributed by atoms with E-state index in [4.69, 9.17) is 0 Å². The van der Waals surface area contributed by atoms with Crippen LogP contribution >= 0.6 is 0 Å². The fraction of sp³-hybridized carbons (Fsp3) is 0.917. The molecule has 0 heterocycles. The minimum absolute atomic E-state index is 0.0684. The summed E-state index contributed by atoms with van der Waals surface area (Å²) in [6.07, 6.45) is 5.22.